The molecule has 2 aromatic heterocycles. The largest absolute Gasteiger partial charge is 0.481 e. The molecule has 0 spiro atoms. The highest BCUT2D eigenvalue weighted by Crippen LogP contribution is 2.19. The molecule has 0 bridgehead atoms. The van der Waals surface area contributed by atoms with Gasteiger partial charge in [-0.3, -0.25) is 4.98 Å². The topological polar surface area (TPSA) is 47.0 Å². The molecular weight excluding hydrogens is 214 g/mol. The van der Waals surface area contributed by atoms with Crippen molar-refractivity contribution >= 4 is 5.69 Å². The van der Waals surface area contributed by atoms with Crippen molar-refractivity contribution in [2.45, 2.75) is 13.0 Å². The molecule has 1 unspecified atom stereocenters. The van der Waals surface area contributed by atoms with Crippen LogP contribution in [-0.4, -0.2) is 17.1 Å². The van der Waals surface area contributed by atoms with E-state index in [1.54, 1.807) is 25.7 Å². The van der Waals surface area contributed by atoms with Crippen LogP contribution in [0, 0.1) is 0 Å². The molecule has 0 amide bonds. The number of nitrogens with zero attached hydrogens (tertiary/aromatic N) is 2. The van der Waals surface area contributed by atoms with Gasteiger partial charge in [0, 0.05) is 24.5 Å². The Balaban J connectivity index is 2.05. The molecule has 0 radical (unpaired) electrons. The zero-order chi connectivity index (χ0) is 12.1. The second kappa shape index (κ2) is 5.30. The molecule has 0 saturated carbocycles. The van der Waals surface area contributed by atoms with E-state index < -0.39 is 0 Å². The fourth-order valence-corrected chi connectivity index (χ4v) is 1.57. The number of rotatable bonds is 4. The summed E-state index contributed by atoms with van der Waals surface area (Å²) >= 11 is 0. The summed E-state index contributed by atoms with van der Waals surface area (Å²) in [6.07, 6.45) is 5.34. The van der Waals surface area contributed by atoms with Crippen molar-refractivity contribution in [3.63, 3.8) is 0 Å². The van der Waals surface area contributed by atoms with Crippen LogP contribution in [0.25, 0.3) is 0 Å². The first-order valence-corrected chi connectivity index (χ1v) is 5.46. The zero-order valence-electron chi connectivity index (χ0n) is 9.92. The van der Waals surface area contributed by atoms with Crippen LogP contribution in [0.1, 0.15) is 18.5 Å². The number of hydrogen-bond donors (Lipinski definition) is 1. The third-order valence-electron chi connectivity index (χ3n) is 2.53. The van der Waals surface area contributed by atoms with Gasteiger partial charge in [0.05, 0.1) is 19.0 Å². The Labute approximate surface area is 101 Å². The average Bonchev–Trinajstić information content (AvgIpc) is 2.40. The number of methoxy groups -OCH3 is 1. The van der Waals surface area contributed by atoms with Crippen molar-refractivity contribution in [1.82, 2.24) is 9.97 Å². The smallest absolute Gasteiger partial charge is 0.213 e. The van der Waals surface area contributed by atoms with Crippen LogP contribution >= 0.6 is 0 Å². The summed E-state index contributed by atoms with van der Waals surface area (Å²) in [6, 6.07) is 7.99. The van der Waals surface area contributed by atoms with Crippen LogP contribution < -0.4 is 10.1 Å². The summed E-state index contributed by atoms with van der Waals surface area (Å²) in [5.41, 5.74) is 2.16. The van der Waals surface area contributed by atoms with Gasteiger partial charge in [-0.2, -0.15) is 0 Å². The summed E-state index contributed by atoms with van der Waals surface area (Å²) in [5, 5.41) is 3.36. The van der Waals surface area contributed by atoms with E-state index >= 15 is 0 Å². The Morgan fingerprint density at radius 2 is 1.94 bits per heavy atom. The molecule has 0 saturated heterocycles. The molecule has 0 aliphatic rings. The Kier molecular flexibility index (Phi) is 3.55. The van der Waals surface area contributed by atoms with Crippen molar-refractivity contribution in [3.05, 3.63) is 48.4 Å². The minimum atomic E-state index is 0.216. The zero-order valence-corrected chi connectivity index (χ0v) is 9.92. The van der Waals surface area contributed by atoms with Crippen molar-refractivity contribution in [2.24, 2.45) is 0 Å². The predicted octanol–water partition coefficient (Wildman–Crippen LogP) is 2.66. The lowest BCUT2D eigenvalue weighted by atomic mass is 10.1. The van der Waals surface area contributed by atoms with Gasteiger partial charge in [-0.25, -0.2) is 4.98 Å². The second-order valence-corrected chi connectivity index (χ2v) is 3.74. The van der Waals surface area contributed by atoms with E-state index in [0.717, 1.165) is 5.69 Å². The third kappa shape index (κ3) is 2.93. The van der Waals surface area contributed by atoms with Crippen molar-refractivity contribution < 1.29 is 4.74 Å². The number of anilines is 1. The molecule has 17 heavy (non-hydrogen) atoms. The minimum absolute atomic E-state index is 0.216. The van der Waals surface area contributed by atoms with Gasteiger partial charge < -0.3 is 10.1 Å². The van der Waals surface area contributed by atoms with E-state index in [4.69, 9.17) is 4.74 Å². The van der Waals surface area contributed by atoms with Gasteiger partial charge in [-0.15, -0.1) is 0 Å². The summed E-state index contributed by atoms with van der Waals surface area (Å²) in [5.74, 6) is 0.618. The monoisotopic (exact) mass is 229 g/mol. The van der Waals surface area contributed by atoms with Crippen LogP contribution in [0.4, 0.5) is 5.69 Å². The Morgan fingerprint density at radius 1 is 1.18 bits per heavy atom. The quantitative estimate of drug-likeness (QED) is 0.875. The van der Waals surface area contributed by atoms with Crippen LogP contribution in [0.2, 0.25) is 0 Å². The number of aromatic nitrogens is 2. The summed E-state index contributed by atoms with van der Waals surface area (Å²) in [4.78, 5) is 8.15. The first-order chi connectivity index (χ1) is 8.29. The van der Waals surface area contributed by atoms with E-state index in [1.807, 2.05) is 24.3 Å². The molecule has 1 N–H and O–H groups in total. The molecular formula is C13H15N3O. The van der Waals surface area contributed by atoms with E-state index in [1.165, 1.54) is 5.56 Å². The van der Waals surface area contributed by atoms with Gasteiger partial charge in [0.1, 0.15) is 0 Å². The van der Waals surface area contributed by atoms with E-state index in [-0.39, 0.29) is 6.04 Å². The molecule has 1 atom stereocenters. The summed E-state index contributed by atoms with van der Waals surface area (Å²) < 4.78 is 5.01. The maximum Gasteiger partial charge on any atom is 0.213 e. The normalized spacial score (nSPS) is 11.9. The van der Waals surface area contributed by atoms with Crippen LogP contribution in [-0.2, 0) is 0 Å². The first-order valence-electron chi connectivity index (χ1n) is 5.46. The Bertz CT molecular complexity index is 456. The van der Waals surface area contributed by atoms with Crippen LogP contribution in [0.3, 0.4) is 0 Å². The molecule has 2 aromatic rings. The first kappa shape index (κ1) is 11.4. The predicted molar refractivity (Wildman–Crippen MR) is 67.1 cm³/mol. The number of nitrogens with one attached hydrogen (secondary N) is 1. The van der Waals surface area contributed by atoms with Crippen molar-refractivity contribution in [3.8, 4) is 5.88 Å². The number of ether oxygens (including phenoxy) is 1. The lowest BCUT2D eigenvalue weighted by Gasteiger charge is -2.15. The minimum Gasteiger partial charge on any atom is -0.481 e. The van der Waals surface area contributed by atoms with E-state index in [2.05, 4.69) is 22.2 Å². The second-order valence-electron chi connectivity index (χ2n) is 3.74. The summed E-state index contributed by atoms with van der Waals surface area (Å²) in [7, 11) is 1.61. The molecule has 4 nitrogen and oxygen atoms in total. The maximum absolute atomic E-state index is 5.01. The van der Waals surface area contributed by atoms with Crippen LogP contribution in [0.15, 0.2) is 42.9 Å². The highest BCUT2D eigenvalue weighted by molar-refractivity contribution is 5.44. The molecule has 88 valence electrons. The molecule has 0 fully saturated rings. The maximum atomic E-state index is 5.01. The fourth-order valence-electron chi connectivity index (χ4n) is 1.57. The van der Waals surface area contributed by atoms with Gasteiger partial charge in [0.25, 0.3) is 0 Å². The number of hydrogen-bond acceptors (Lipinski definition) is 4. The van der Waals surface area contributed by atoms with Gasteiger partial charge in [0.2, 0.25) is 5.88 Å². The molecule has 0 aliphatic carbocycles. The Hall–Kier alpha value is -2.10. The van der Waals surface area contributed by atoms with Gasteiger partial charge in [-0.05, 0) is 30.7 Å². The molecule has 4 heteroatoms. The van der Waals surface area contributed by atoms with Gasteiger partial charge in [0.15, 0.2) is 0 Å². The molecule has 2 heterocycles. The lowest BCUT2D eigenvalue weighted by Crippen LogP contribution is -2.06. The fraction of sp³-hybridized carbons (Fsp3) is 0.231. The standard InChI is InChI=1S/C13H15N3O/c1-10(11-5-7-14-8-6-11)16-12-3-4-13(17-2)15-9-12/h3-10,16H,1-2H3. The molecule has 0 aliphatic heterocycles. The van der Waals surface area contributed by atoms with Crippen molar-refractivity contribution in [1.29, 1.82) is 0 Å². The van der Waals surface area contributed by atoms with E-state index in [0.29, 0.717) is 5.88 Å². The molecule has 0 aromatic carbocycles. The molecule has 2 rings (SSSR count). The average molecular weight is 229 g/mol. The highest BCUT2D eigenvalue weighted by Gasteiger charge is 2.04. The van der Waals surface area contributed by atoms with Gasteiger partial charge in [-0.1, -0.05) is 0 Å². The SMILES string of the molecule is COc1ccc(NC(C)c2ccncc2)cn1. The van der Waals surface area contributed by atoms with Crippen LogP contribution in [0.5, 0.6) is 5.88 Å². The third-order valence-corrected chi connectivity index (χ3v) is 2.53. The van der Waals surface area contributed by atoms with Gasteiger partial charge >= 0.3 is 0 Å². The van der Waals surface area contributed by atoms with Crippen molar-refractivity contribution in [2.75, 3.05) is 12.4 Å². The number of pyridine rings is 2. The summed E-state index contributed by atoms with van der Waals surface area (Å²) in [6.45, 7) is 2.10. The highest BCUT2D eigenvalue weighted by atomic mass is 16.5. The Morgan fingerprint density at radius 3 is 2.53 bits per heavy atom. The van der Waals surface area contributed by atoms with E-state index in [9.17, 15) is 0 Å². The lowest BCUT2D eigenvalue weighted by molar-refractivity contribution is 0.398.